The van der Waals surface area contributed by atoms with Crippen LogP contribution >= 0.6 is 0 Å². The molecule has 23 heavy (non-hydrogen) atoms. The minimum atomic E-state index is -4.55. The van der Waals surface area contributed by atoms with Crippen molar-refractivity contribution in [3.05, 3.63) is 41.1 Å². The van der Waals surface area contributed by atoms with Gasteiger partial charge in [0, 0.05) is 18.7 Å². The molecule has 2 rings (SSSR count). The highest BCUT2D eigenvalue weighted by Gasteiger charge is 2.39. The van der Waals surface area contributed by atoms with Gasteiger partial charge in [0.1, 0.15) is 5.75 Å². The van der Waals surface area contributed by atoms with E-state index in [1.54, 1.807) is 12.1 Å². The van der Waals surface area contributed by atoms with Crippen molar-refractivity contribution in [2.45, 2.75) is 38.9 Å². The number of nitrogens with two attached hydrogens (primary N) is 1. The summed E-state index contributed by atoms with van der Waals surface area (Å²) in [6.45, 7) is 3.75. The van der Waals surface area contributed by atoms with E-state index >= 15 is 0 Å². The number of aromatic nitrogens is 2. The van der Waals surface area contributed by atoms with Gasteiger partial charge in [-0.05, 0) is 31.9 Å². The normalized spacial score (nSPS) is 13.2. The Balaban J connectivity index is 2.44. The predicted molar refractivity (Wildman–Crippen MR) is 81.4 cm³/mol. The van der Waals surface area contributed by atoms with Crippen LogP contribution in [0.2, 0.25) is 0 Å². The number of rotatable bonds is 5. The van der Waals surface area contributed by atoms with Crippen molar-refractivity contribution in [2.24, 2.45) is 12.8 Å². The van der Waals surface area contributed by atoms with Crippen LogP contribution in [0.1, 0.15) is 30.2 Å². The third-order valence-electron chi connectivity index (χ3n) is 3.58. The van der Waals surface area contributed by atoms with Crippen LogP contribution in [-0.2, 0) is 19.6 Å². The minimum absolute atomic E-state index is 0.00470. The molecule has 1 unspecified atom stereocenters. The molecule has 0 bridgehead atoms. The molecule has 0 saturated carbocycles. The molecular weight excluding hydrogens is 307 g/mol. The lowest BCUT2D eigenvalue weighted by Crippen LogP contribution is -2.23. The summed E-state index contributed by atoms with van der Waals surface area (Å²) < 4.78 is 46.4. The molecule has 1 atom stereocenters. The molecule has 2 N–H and O–H groups in total. The van der Waals surface area contributed by atoms with Crippen LogP contribution in [0.15, 0.2) is 24.3 Å². The van der Waals surface area contributed by atoms with Crippen molar-refractivity contribution in [1.29, 1.82) is 0 Å². The molecule has 0 radical (unpaired) electrons. The van der Waals surface area contributed by atoms with Crippen molar-refractivity contribution in [2.75, 3.05) is 0 Å². The first-order chi connectivity index (χ1) is 10.7. The zero-order chi connectivity index (χ0) is 17.2. The Bertz CT molecular complexity index is 662. The Hall–Kier alpha value is -2.02. The molecule has 0 aliphatic rings. The number of alkyl halides is 3. The fraction of sp³-hybridized carbons (Fsp3) is 0.438. The van der Waals surface area contributed by atoms with E-state index in [1.165, 1.54) is 7.05 Å². The van der Waals surface area contributed by atoms with Gasteiger partial charge < -0.3 is 10.5 Å². The van der Waals surface area contributed by atoms with Gasteiger partial charge in [-0.3, -0.25) is 0 Å². The summed E-state index contributed by atoms with van der Waals surface area (Å²) in [7, 11) is 1.43. The molecule has 0 saturated heterocycles. The van der Waals surface area contributed by atoms with Gasteiger partial charge in [0.2, 0.25) is 5.88 Å². The number of nitrogens with zero attached hydrogens (tertiary/aromatic N) is 2. The summed E-state index contributed by atoms with van der Waals surface area (Å²) in [6, 6.07) is 6.68. The summed E-state index contributed by atoms with van der Waals surface area (Å²) in [5.74, 6) is 0.531. The molecule has 0 spiro atoms. The van der Waals surface area contributed by atoms with Crippen molar-refractivity contribution < 1.29 is 17.9 Å². The molecule has 2 aromatic rings. The number of benzene rings is 1. The van der Waals surface area contributed by atoms with Gasteiger partial charge in [0.05, 0.1) is 0 Å². The van der Waals surface area contributed by atoms with Crippen LogP contribution in [-0.4, -0.2) is 15.8 Å². The summed E-state index contributed by atoms with van der Waals surface area (Å²) in [4.78, 5) is 0. The summed E-state index contributed by atoms with van der Waals surface area (Å²) >= 11 is 0. The number of halogens is 3. The molecule has 1 aromatic heterocycles. The van der Waals surface area contributed by atoms with Crippen molar-refractivity contribution in [1.82, 2.24) is 9.78 Å². The highest BCUT2D eigenvalue weighted by Crippen LogP contribution is 2.37. The summed E-state index contributed by atoms with van der Waals surface area (Å²) in [5, 5.41) is 3.59. The van der Waals surface area contributed by atoms with E-state index in [9.17, 15) is 13.2 Å². The van der Waals surface area contributed by atoms with Gasteiger partial charge >= 0.3 is 6.18 Å². The number of hydrogen-bond donors (Lipinski definition) is 1. The zero-order valence-corrected chi connectivity index (χ0v) is 13.3. The maximum atomic E-state index is 13.2. The average molecular weight is 327 g/mol. The second kappa shape index (κ2) is 6.62. The van der Waals surface area contributed by atoms with Gasteiger partial charge in [-0.1, -0.05) is 24.6 Å². The molecule has 1 aromatic carbocycles. The van der Waals surface area contributed by atoms with Gasteiger partial charge in [-0.15, -0.1) is 0 Å². The van der Waals surface area contributed by atoms with Crippen LogP contribution in [0.4, 0.5) is 13.2 Å². The Labute approximate surface area is 133 Å². The van der Waals surface area contributed by atoms with E-state index < -0.39 is 11.9 Å². The first kappa shape index (κ1) is 17.3. The van der Waals surface area contributed by atoms with Crippen LogP contribution < -0.4 is 10.5 Å². The zero-order valence-electron chi connectivity index (χ0n) is 13.3. The fourth-order valence-corrected chi connectivity index (χ4v) is 2.22. The van der Waals surface area contributed by atoms with E-state index in [1.807, 2.05) is 26.0 Å². The Kier molecular flexibility index (Phi) is 4.99. The van der Waals surface area contributed by atoms with E-state index in [0.717, 1.165) is 10.2 Å². The van der Waals surface area contributed by atoms with Gasteiger partial charge in [0.25, 0.3) is 0 Å². The lowest BCUT2D eigenvalue weighted by molar-refractivity contribution is -0.142. The van der Waals surface area contributed by atoms with Gasteiger partial charge in [-0.25, -0.2) is 4.68 Å². The summed E-state index contributed by atoms with van der Waals surface area (Å²) in [5.41, 5.74) is 5.94. The molecule has 0 aliphatic carbocycles. The SMILES string of the molecule is CCC(N)Cc1c(C(F)(F)F)nn(C)c1Oc1ccc(C)cc1. The average Bonchev–Trinajstić information content (AvgIpc) is 2.78. The van der Waals surface area contributed by atoms with Crippen LogP contribution in [0.3, 0.4) is 0 Å². The van der Waals surface area contributed by atoms with Crippen LogP contribution in [0.5, 0.6) is 11.6 Å². The van der Waals surface area contributed by atoms with Crippen molar-refractivity contribution in [3.63, 3.8) is 0 Å². The molecule has 4 nitrogen and oxygen atoms in total. The third-order valence-corrected chi connectivity index (χ3v) is 3.58. The van der Waals surface area contributed by atoms with E-state index in [2.05, 4.69) is 5.10 Å². The number of hydrogen-bond acceptors (Lipinski definition) is 3. The quantitative estimate of drug-likeness (QED) is 0.908. The second-order valence-corrected chi connectivity index (χ2v) is 5.54. The summed E-state index contributed by atoms with van der Waals surface area (Å²) in [6.07, 6.45) is -3.92. The smallest absolute Gasteiger partial charge is 0.435 e. The van der Waals surface area contributed by atoms with Crippen LogP contribution in [0, 0.1) is 6.92 Å². The fourth-order valence-electron chi connectivity index (χ4n) is 2.22. The molecule has 0 fully saturated rings. The predicted octanol–water partition coefficient (Wildman–Crippen LogP) is 3.82. The first-order valence-corrected chi connectivity index (χ1v) is 7.35. The Morgan fingerprint density at radius 2 is 1.87 bits per heavy atom. The highest BCUT2D eigenvalue weighted by atomic mass is 19.4. The van der Waals surface area contributed by atoms with Crippen molar-refractivity contribution in [3.8, 4) is 11.6 Å². The Morgan fingerprint density at radius 3 is 2.39 bits per heavy atom. The molecule has 1 heterocycles. The monoisotopic (exact) mass is 327 g/mol. The minimum Gasteiger partial charge on any atom is -0.439 e. The molecule has 7 heteroatoms. The first-order valence-electron chi connectivity index (χ1n) is 7.35. The topological polar surface area (TPSA) is 53.1 Å². The molecule has 0 amide bonds. The van der Waals surface area contributed by atoms with E-state index in [-0.39, 0.29) is 23.9 Å². The molecule has 126 valence electrons. The number of aryl methyl sites for hydroxylation is 2. The molecule has 0 aliphatic heterocycles. The highest BCUT2D eigenvalue weighted by molar-refractivity contribution is 5.38. The standard InChI is InChI=1S/C16H20F3N3O/c1-4-11(20)9-13-14(16(17,18)19)21-22(3)15(13)23-12-7-5-10(2)6-8-12/h5-8,11H,4,9,20H2,1-3H3. The van der Waals surface area contributed by atoms with Gasteiger partial charge in [-0.2, -0.15) is 18.3 Å². The lowest BCUT2D eigenvalue weighted by atomic mass is 10.0. The maximum absolute atomic E-state index is 13.2. The second-order valence-electron chi connectivity index (χ2n) is 5.54. The lowest BCUT2D eigenvalue weighted by Gasteiger charge is -2.13. The van der Waals surface area contributed by atoms with Gasteiger partial charge in [0.15, 0.2) is 5.69 Å². The Morgan fingerprint density at radius 1 is 1.26 bits per heavy atom. The molecular formula is C16H20F3N3O. The van der Waals surface area contributed by atoms with E-state index in [0.29, 0.717) is 12.2 Å². The van der Waals surface area contributed by atoms with E-state index in [4.69, 9.17) is 10.5 Å². The number of ether oxygens (including phenoxy) is 1. The van der Waals surface area contributed by atoms with Crippen molar-refractivity contribution >= 4 is 0 Å². The third kappa shape index (κ3) is 4.04. The van der Waals surface area contributed by atoms with Crippen LogP contribution in [0.25, 0.3) is 0 Å². The maximum Gasteiger partial charge on any atom is 0.435 e. The largest absolute Gasteiger partial charge is 0.439 e.